The van der Waals surface area contributed by atoms with E-state index >= 15 is 0 Å². The Hall–Kier alpha value is -2.34. The second kappa shape index (κ2) is 6.72. The van der Waals surface area contributed by atoms with Gasteiger partial charge in [-0.3, -0.25) is 5.43 Å². The van der Waals surface area contributed by atoms with Crippen molar-refractivity contribution in [1.29, 1.82) is 0 Å². The van der Waals surface area contributed by atoms with Crippen molar-refractivity contribution in [2.45, 2.75) is 6.92 Å². The second-order valence-electron chi connectivity index (χ2n) is 4.05. The number of hydrogen-bond acceptors (Lipinski definition) is 3. The first-order valence-electron chi connectivity index (χ1n) is 6.09. The number of nitrogens with zero attached hydrogens (tertiary/aromatic N) is 1. The number of nitrogens with one attached hydrogen (secondary N) is 3. The average molecular weight is 288 g/mol. The maximum atomic E-state index is 5.24. The van der Waals surface area contributed by atoms with E-state index in [1.165, 1.54) is 0 Å². The van der Waals surface area contributed by atoms with Gasteiger partial charge in [0.25, 0.3) is 0 Å². The fourth-order valence-electron chi connectivity index (χ4n) is 1.65. The average Bonchev–Trinajstić information content (AvgIpc) is 2.99. The SMILES string of the molecule is COc1ccccc1NC(=S)N/N=C(/C)c1ccc[nH]1. The van der Waals surface area contributed by atoms with Crippen molar-refractivity contribution in [3.8, 4) is 5.75 Å². The normalized spacial score (nSPS) is 11.0. The smallest absolute Gasteiger partial charge is 0.191 e. The number of para-hydroxylation sites is 2. The predicted molar refractivity (Wildman–Crippen MR) is 85.4 cm³/mol. The Bertz CT molecular complexity index is 607. The number of aromatic amines is 1. The number of H-pyrrole nitrogens is 1. The van der Waals surface area contributed by atoms with Crippen molar-refractivity contribution in [2.24, 2.45) is 5.10 Å². The number of rotatable bonds is 4. The van der Waals surface area contributed by atoms with Crippen LogP contribution in [0.2, 0.25) is 0 Å². The van der Waals surface area contributed by atoms with Gasteiger partial charge in [-0.2, -0.15) is 5.10 Å². The van der Waals surface area contributed by atoms with Gasteiger partial charge in [0.15, 0.2) is 5.11 Å². The van der Waals surface area contributed by atoms with Crippen LogP contribution in [-0.4, -0.2) is 22.9 Å². The molecule has 0 aliphatic heterocycles. The van der Waals surface area contributed by atoms with Crippen molar-refractivity contribution in [1.82, 2.24) is 10.4 Å². The molecule has 0 saturated heterocycles. The zero-order valence-electron chi connectivity index (χ0n) is 11.3. The summed E-state index contributed by atoms with van der Waals surface area (Å²) < 4.78 is 5.24. The molecule has 2 rings (SSSR count). The van der Waals surface area contributed by atoms with Gasteiger partial charge in [0.05, 0.1) is 24.2 Å². The molecule has 0 spiro atoms. The first-order valence-corrected chi connectivity index (χ1v) is 6.49. The first kappa shape index (κ1) is 14.1. The van der Waals surface area contributed by atoms with E-state index in [9.17, 15) is 0 Å². The highest BCUT2D eigenvalue weighted by molar-refractivity contribution is 7.80. The molecule has 5 nitrogen and oxygen atoms in total. The fourth-order valence-corrected chi connectivity index (χ4v) is 1.80. The summed E-state index contributed by atoms with van der Waals surface area (Å²) in [6.07, 6.45) is 1.85. The lowest BCUT2D eigenvalue weighted by atomic mass is 10.3. The van der Waals surface area contributed by atoms with Crippen LogP contribution in [0.25, 0.3) is 0 Å². The Balaban J connectivity index is 1.98. The highest BCUT2D eigenvalue weighted by Crippen LogP contribution is 2.22. The summed E-state index contributed by atoms with van der Waals surface area (Å²) in [6.45, 7) is 1.89. The molecule has 0 aliphatic rings. The molecular weight excluding hydrogens is 272 g/mol. The van der Waals surface area contributed by atoms with Crippen molar-refractivity contribution in [3.63, 3.8) is 0 Å². The third kappa shape index (κ3) is 3.58. The Labute approximate surface area is 123 Å². The minimum absolute atomic E-state index is 0.403. The fraction of sp³-hybridized carbons (Fsp3) is 0.143. The molecule has 1 heterocycles. The summed E-state index contributed by atoms with van der Waals surface area (Å²) in [5.74, 6) is 0.724. The maximum Gasteiger partial charge on any atom is 0.191 e. The molecule has 0 bridgehead atoms. The van der Waals surface area contributed by atoms with E-state index < -0.39 is 0 Å². The molecule has 2 aromatic rings. The van der Waals surface area contributed by atoms with Gasteiger partial charge in [-0.25, -0.2) is 0 Å². The molecule has 104 valence electrons. The summed E-state index contributed by atoms with van der Waals surface area (Å²) in [5, 5.41) is 7.65. The van der Waals surface area contributed by atoms with Crippen LogP contribution in [0.15, 0.2) is 47.7 Å². The molecule has 1 aromatic carbocycles. The van der Waals surface area contributed by atoms with Crippen LogP contribution in [0, 0.1) is 0 Å². The van der Waals surface area contributed by atoms with Crippen LogP contribution in [0.5, 0.6) is 5.75 Å². The molecule has 6 heteroatoms. The van der Waals surface area contributed by atoms with Gasteiger partial charge in [0, 0.05) is 6.20 Å². The standard InChI is InChI=1S/C14H16N4OS/c1-10(11-7-5-9-15-11)17-18-14(20)16-12-6-3-4-8-13(12)19-2/h3-9,15H,1-2H3,(H2,16,18,20)/b17-10-. The Morgan fingerprint density at radius 2 is 2.05 bits per heavy atom. The van der Waals surface area contributed by atoms with Crippen LogP contribution < -0.4 is 15.5 Å². The van der Waals surface area contributed by atoms with Gasteiger partial charge >= 0.3 is 0 Å². The third-order valence-electron chi connectivity index (χ3n) is 2.67. The highest BCUT2D eigenvalue weighted by Gasteiger charge is 2.03. The minimum atomic E-state index is 0.403. The lowest BCUT2D eigenvalue weighted by molar-refractivity contribution is 0.417. The topological polar surface area (TPSA) is 61.4 Å². The number of thiocarbonyl (C=S) groups is 1. The lowest BCUT2D eigenvalue weighted by Gasteiger charge is -2.11. The number of ether oxygens (including phenoxy) is 1. The highest BCUT2D eigenvalue weighted by atomic mass is 32.1. The molecule has 3 N–H and O–H groups in total. The van der Waals surface area contributed by atoms with Crippen LogP contribution in [0.4, 0.5) is 5.69 Å². The lowest BCUT2D eigenvalue weighted by Crippen LogP contribution is -2.25. The predicted octanol–water partition coefficient (Wildman–Crippen LogP) is 2.73. The molecule has 0 amide bonds. The minimum Gasteiger partial charge on any atom is -0.495 e. The van der Waals surface area contributed by atoms with E-state index in [0.29, 0.717) is 5.11 Å². The van der Waals surface area contributed by atoms with E-state index in [0.717, 1.165) is 22.8 Å². The van der Waals surface area contributed by atoms with E-state index in [1.54, 1.807) is 7.11 Å². The van der Waals surface area contributed by atoms with Crippen molar-refractivity contribution < 1.29 is 4.74 Å². The van der Waals surface area contributed by atoms with Crippen LogP contribution in [-0.2, 0) is 0 Å². The van der Waals surface area contributed by atoms with Crippen molar-refractivity contribution >= 4 is 28.7 Å². The van der Waals surface area contributed by atoms with Gasteiger partial charge in [0.1, 0.15) is 5.75 Å². The van der Waals surface area contributed by atoms with E-state index in [2.05, 4.69) is 20.8 Å². The number of anilines is 1. The van der Waals surface area contributed by atoms with Crippen molar-refractivity contribution in [3.05, 3.63) is 48.3 Å². The zero-order chi connectivity index (χ0) is 14.4. The molecule has 0 radical (unpaired) electrons. The molecule has 0 atom stereocenters. The number of hydrazone groups is 1. The summed E-state index contributed by atoms with van der Waals surface area (Å²) >= 11 is 5.20. The molecular formula is C14H16N4OS. The van der Waals surface area contributed by atoms with E-state index in [-0.39, 0.29) is 0 Å². The number of methoxy groups -OCH3 is 1. The largest absolute Gasteiger partial charge is 0.495 e. The number of benzene rings is 1. The third-order valence-corrected chi connectivity index (χ3v) is 2.86. The summed E-state index contributed by atoms with van der Waals surface area (Å²) in [5.41, 5.74) is 5.36. The van der Waals surface area contributed by atoms with Crippen LogP contribution in [0.3, 0.4) is 0 Å². The molecule has 1 aromatic heterocycles. The Kier molecular flexibility index (Phi) is 4.73. The van der Waals surface area contributed by atoms with Crippen molar-refractivity contribution in [2.75, 3.05) is 12.4 Å². The van der Waals surface area contributed by atoms with Crippen LogP contribution in [0.1, 0.15) is 12.6 Å². The molecule has 20 heavy (non-hydrogen) atoms. The van der Waals surface area contributed by atoms with Gasteiger partial charge in [-0.1, -0.05) is 12.1 Å². The molecule has 0 saturated carbocycles. The Morgan fingerprint density at radius 3 is 2.75 bits per heavy atom. The quantitative estimate of drug-likeness (QED) is 0.460. The second-order valence-corrected chi connectivity index (χ2v) is 4.46. The van der Waals surface area contributed by atoms with E-state index in [4.69, 9.17) is 17.0 Å². The van der Waals surface area contributed by atoms with Gasteiger partial charge in [-0.15, -0.1) is 0 Å². The number of aromatic nitrogens is 1. The first-order chi connectivity index (χ1) is 9.70. The van der Waals surface area contributed by atoms with Gasteiger partial charge in [-0.05, 0) is 43.4 Å². The molecule has 0 aliphatic carbocycles. The summed E-state index contributed by atoms with van der Waals surface area (Å²) in [4.78, 5) is 3.07. The van der Waals surface area contributed by atoms with Crippen LogP contribution >= 0.6 is 12.2 Å². The molecule has 0 fully saturated rings. The van der Waals surface area contributed by atoms with Gasteiger partial charge < -0.3 is 15.0 Å². The molecule has 0 unspecified atom stereocenters. The summed E-state index contributed by atoms with van der Waals surface area (Å²) in [7, 11) is 1.62. The zero-order valence-corrected chi connectivity index (χ0v) is 12.1. The van der Waals surface area contributed by atoms with E-state index in [1.807, 2.05) is 49.5 Å². The van der Waals surface area contributed by atoms with Gasteiger partial charge in [0.2, 0.25) is 0 Å². The monoisotopic (exact) mass is 288 g/mol. The maximum absolute atomic E-state index is 5.24. The Morgan fingerprint density at radius 1 is 1.25 bits per heavy atom. The summed E-state index contributed by atoms with van der Waals surface area (Å²) in [6, 6.07) is 11.4. The number of hydrogen-bond donors (Lipinski definition) is 3.